The van der Waals surface area contributed by atoms with Gasteiger partial charge in [-0.05, 0) is 37.5 Å². The molecule has 0 saturated carbocycles. The van der Waals surface area contributed by atoms with Gasteiger partial charge in [0.05, 0.1) is 16.8 Å². The minimum atomic E-state index is 0.0628. The average Bonchev–Trinajstić information content (AvgIpc) is 3.02. The van der Waals surface area contributed by atoms with Crippen molar-refractivity contribution >= 4 is 28.7 Å². The van der Waals surface area contributed by atoms with Crippen LogP contribution in [0.4, 0.5) is 0 Å². The number of rotatable bonds is 8. The van der Waals surface area contributed by atoms with Crippen LogP contribution in [0.2, 0.25) is 0 Å². The molecule has 130 valence electrons. The van der Waals surface area contributed by atoms with Gasteiger partial charge in [0.2, 0.25) is 5.91 Å². The zero-order valence-corrected chi connectivity index (χ0v) is 15.3. The standard InChI is InChI=1S/C20H23N3OS/c1-2-23-18-13-7-6-12-17(18)22-20(23)25-15-19(24)21-14-8-11-16-9-4-3-5-10-16/h3-7,9-10,12-13H,2,8,11,14-15H2,1H3,(H,21,24). The van der Waals surface area contributed by atoms with Crippen LogP contribution in [0.15, 0.2) is 59.8 Å². The molecule has 1 heterocycles. The normalized spacial score (nSPS) is 10.9. The lowest BCUT2D eigenvalue weighted by Gasteiger charge is -2.07. The van der Waals surface area contributed by atoms with Crippen LogP contribution in [0.3, 0.4) is 0 Å². The molecule has 0 aliphatic rings. The Bertz CT molecular complexity index is 829. The molecule has 0 unspecified atom stereocenters. The molecule has 1 aromatic heterocycles. The third kappa shape index (κ3) is 4.63. The summed E-state index contributed by atoms with van der Waals surface area (Å²) in [5.41, 5.74) is 3.41. The molecule has 0 spiro atoms. The van der Waals surface area contributed by atoms with Crippen LogP contribution in [0.5, 0.6) is 0 Å². The Kier molecular flexibility index (Phi) is 6.12. The van der Waals surface area contributed by atoms with Crippen LogP contribution in [0.1, 0.15) is 18.9 Å². The fourth-order valence-corrected chi connectivity index (χ4v) is 3.72. The van der Waals surface area contributed by atoms with Crippen molar-refractivity contribution in [3.8, 4) is 0 Å². The van der Waals surface area contributed by atoms with Gasteiger partial charge >= 0.3 is 0 Å². The van der Waals surface area contributed by atoms with E-state index >= 15 is 0 Å². The SMILES string of the molecule is CCn1c(SCC(=O)NCCCc2ccccc2)nc2ccccc21. The van der Waals surface area contributed by atoms with E-state index in [4.69, 9.17) is 0 Å². The molecule has 2 aromatic carbocycles. The molecule has 25 heavy (non-hydrogen) atoms. The van der Waals surface area contributed by atoms with Gasteiger partial charge < -0.3 is 9.88 Å². The van der Waals surface area contributed by atoms with E-state index in [1.54, 1.807) is 0 Å². The van der Waals surface area contributed by atoms with E-state index in [1.165, 1.54) is 17.3 Å². The average molecular weight is 353 g/mol. The Hall–Kier alpha value is -2.27. The van der Waals surface area contributed by atoms with Gasteiger partial charge in [0.1, 0.15) is 0 Å². The first-order chi connectivity index (χ1) is 12.3. The highest BCUT2D eigenvalue weighted by Crippen LogP contribution is 2.23. The molecule has 0 saturated heterocycles. The number of thioether (sulfide) groups is 1. The van der Waals surface area contributed by atoms with E-state index in [1.807, 2.05) is 36.4 Å². The number of benzene rings is 2. The smallest absolute Gasteiger partial charge is 0.230 e. The number of aryl methyl sites for hydroxylation is 2. The van der Waals surface area contributed by atoms with Gasteiger partial charge in [-0.3, -0.25) is 4.79 Å². The van der Waals surface area contributed by atoms with E-state index in [2.05, 4.69) is 40.0 Å². The number of nitrogens with one attached hydrogen (secondary N) is 1. The number of carbonyl (C=O) groups excluding carboxylic acids is 1. The van der Waals surface area contributed by atoms with Gasteiger partial charge in [0.15, 0.2) is 5.16 Å². The fraction of sp³-hybridized carbons (Fsp3) is 0.300. The molecular formula is C20H23N3OS. The largest absolute Gasteiger partial charge is 0.355 e. The first-order valence-corrected chi connectivity index (χ1v) is 9.65. The molecule has 3 rings (SSSR count). The van der Waals surface area contributed by atoms with Crippen LogP contribution in [0, 0.1) is 0 Å². The molecule has 1 amide bonds. The summed E-state index contributed by atoms with van der Waals surface area (Å²) in [4.78, 5) is 16.7. The molecule has 5 heteroatoms. The van der Waals surface area contributed by atoms with Crippen molar-refractivity contribution in [3.05, 3.63) is 60.2 Å². The maximum Gasteiger partial charge on any atom is 0.230 e. The first kappa shape index (κ1) is 17.5. The lowest BCUT2D eigenvalue weighted by atomic mass is 10.1. The maximum atomic E-state index is 12.1. The summed E-state index contributed by atoms with van der Waals surface area (Å²) < 4.78 is 2.16. The maximum absolute atomic E-state index is 12.1. The Labute approximate surface area is 152 Å². The fourth-order valence-electron chi connectivity index (χ4n) is 2.82. The van der Waals surface area contributed by atoms with Crippen LogP contribution in [-0.4, -0.2) is 27.8 Å². The number of carbonyl (C=O) groups is 1. The van der Waals surface area contributed by atoms with Crippen molar-refractivity contribution in [1.29, 1.82) is 0 Å². The van der Waals surface area contributed by atoms with E-state index in [-0.39, 0.29) is 5.91 Å². The second kappa shape index (κ2) is 8.72. The summed E-state index contributed by atoms with van der Waals surface area (Å²) in [5.74, 6) is 0.460. The molecular weight excluding hydrogens is 330 g/mol. The highest BCUT2D eigenvalue weighted by Gasteiger charge is 2.11. The molecule has 4 nitrogen and oxygen atoms in total. The van der Waals surface area contributed by atoms with Gasteiger partial charge in [-0.1, -0.05) is 54.2 Å². The minimum Gasteiger partial charge on any atom is -0.355 e. The molecule has 1 N–H and O–H groups in total. The predicted molar refractivity (Wildman–Crippen MR) is 104 cm³/mol. The van der Waals surface area contributed by atoms with Crippen molar-refractivity contribution < 1.29 is 4.79 Å². The number of imidazole rings is 1. The van der Waals surface area contributed by atoms with E-state index in [9.17, 15) is 4.79 Å². The molecule has 0 radical (unpaired) electrons. The zero-order valence-electron chi connectivity index (χ0n) is 14.4. The third-order valence-electron chi connectivity index (χ3n) is 4.08. The Morgan fingerprint density at radius 3 is 2.68 bits per heavy atom. The van der Waals surface area contributed by atoms with E-state index in [0.717, 1.165) is 35.6 Å². The van der Waals surface area contributed by atoms with Crippen molar-refractivity contribution in [2.24, 2.45) is 0 Å². The second-order valence-electron chi connectivity index (χ2n) is 5.86. The van der Waals surface area contributed by atoms with Crippen LogP contribution in [-0.2, 0) is 17.8 Å². The van der Waals surface area contributed by atoms with Crippen molar-refractivity contribution in [3.63, 3.8) is 0 Å². The molecule has 0 atom stereocenters. The topological polar surface area (TPSA) is 46.9 Å². The highest BCUT2D eigenvalue weighted by atomic mass is 32.2. The third-order valence-corrected chi connectivity index (χ3v) is 5.05. The summed E-state index contributed by atoms with van der Waals surface area (Å²) in [7, 11) is 0. The number of para-hydroxylation sites is 2. The number of aromatic nitrogens is 2. The zero-order chi connectivity index (χ0) is 17.5. The molecule has 0 aliphatic carbocycles. The highest BCUT2D eigenvalue weighted by molar-refractivity contribution is 7.99. The lowest BCUT2D eigenvalue weighted by Crippen LogP contribution is -2.26. The van der Waals surface area contributed by atoms with Crippen molar-refractivity contribution in [2.75, 3.05) is 12.3 Å². The number of nitrogens with zero attached hydrogens (tertiary/aromatic N) is 2. The molecule has 0 fully saturated rings. The summed E-state index contributed by atoms with van der Waals surface area (Å²) in [6.45, 7) is 3.65. The number of hydrogen-bond donors (Lipinski definition) is 1. The predicted octanol–water partition coefficient (Wildman–Crippen LogP) is 3.90. The Morgan fingerprint density at radius 1 is 1.12 bits per heavy atom. The van der Waals surface area contributed by atoms with Gasteiger partial charge in [0.25, 0.3) is 0 Å². The van der Waals surface area contributed by atoms with Crippen LogP contribution < -0.4 is 5.32 Å². The molecule has 0 bridgehead atoms. The monoisotopic (exact) mass is 353 g/mol. The van der Waals surface area contributed by atoms with E-state index < -0.39 is 0 Å². The number of amides is 1. The molecule has 3 aromatic rings. The van der Waals surface area contributed by atoms with Crippen molar-refractivity contribution in [2.45, 2.75) is 31.5 Å². The second-order valence-corrected chi connectivity index (χ2v) is 6.80. The van der Waals surface area contributed by atoms with Gasteiger partial charge in [0, 0.05) is 13.1 Å². The van der Waals surface area contributed by atoms with Crippen LogP contribution in [0.25, 0.3) is 11.0 Å². The number of hydrogen-bond acceptors (Lipinski definition) is 3. The molecule has 0 aliphatic heterocycles. The van der Waals surface area contributed by atoms with Crippen molar-refractivity contribution in [1.82, 2.24) is 14.9 Å². The van der Waals surface area contributed by atoms with Gasteiger partial charge in [-0.2, -0.15) is 0 Å². The Morgan fingerprint density at radius 2 is 1.88 bits per heavy atom. The summed E-state index contributed by atoms with van der Waals surface area (Å²) in [6, 6.07) is 18.4. The summed E-state index contributed by atoms with van der Waals surface area (Å²) in [5, 5.41) is 3.90. The first-order valence-electron chi connectivity index (χ1n) is 8.66. The van der Waals surface area contributed by atoms with Crippen LogP contribution >= 0.6 is 11.8 Å². The Balaban J connectivity index is 1.46. The lowest BCUT2D eigenvalue weighted by molar-refractivity contribution is -0.118. The minimum absolute atomic E-state index is 0.0628. The van der Waals surface area contributed by atoms with Gasteiger partial charge in [-0.15, -0.1) is 0 Å². The van der Waals surface area contributed by atoms with Gasteiger partial charge in [-0.25, -0.2) is 4.98 Å². The summed E-state index contributed by atoms with van der Waals surface area (Å²) in [6.07, 6.45) is 1.94. The van der Waals surface area contributed by atoms with E-state index in [0.29, 0.717) is 12.3 Å². The number of fused-ring (bicyclic) bond motifs is 1. The quantitative estimate of drug-likeness (QED) is 0.493. The summed E-state index contributed by atoms with van der Waals surface area (Å²) >= 11 is 1.50.